The molecular formula is C14H22Cl2N2O. The number of nitrogens with one attached hydrogen (secondary N) is 1. The van der Waals surface area contributed by atoms with Crippen LogP contribution in [0.3, 0.4) is 0 Å². The highest BCUT2D eigenvalue weighted by atomic mass is 35.5. The van der Waals surface area contributed by atoms with Crippen molar-refractivity contribution in [2.45, 2.75) is 25.7 Å². The van der Waals surface area contributed by atoms with Crippen LogP contribution in [0, 0.1) is 5.92 Å². The predicted molar refractivity (Wildman–Crippen MR) is 84.5 cm³/mol. The average Bonchev–Trinajstić information content (AvgIpc) is 2.38. The summed E-state index contributed by atoms with van der Waals surface area (Å²) in [6.07, 6.45) is 4.00. The summed E-state index contributed by atoms with van der Waals surface area (Å²) in [6.45, 7) is 2.18. The summed E-state index contributed by atoms with van der Waals surface area (Å²) in [5.41, 5.74) is 7.08. The second-order valence-electron chi connectivity index (χ2n) is 4.74. The minimum atomic E-state index is 0. The molecule has 0 aromatic heterocycles. The Bertz CT molecular complexity index is 393. The van der Waals surface area contributed by atoms with E-state index in [0.29, 0.717) is 23.6 Å². The summed E-state index contributed by atoms with van der Waals surface area (Å²) in [5, 5.41) is 3.34. The normalized spacial score (nSPS) is 15.2. The fourth-order valence-corrected chi connectivity index (χ4v) is 2.39. The Kier molecular flexibility index (Phi) is 8.81. The number of carbonyl (C=O) groups is 1. The van der Waals surface area contributed by atoms with Gasteiger partial charge >= 0.3 is 0 Å². The number of hydrogen-bond donors (Lipinski definition) is 2. The first-order valence-electron chi connectivity index (χ1n) is 6.36. The molecule has 0 radical (unpaired) electrons. The number of hydrogen-bond acceptors (Lipinski definition) is 3. The number of halogens is 2. The molecule has 1 aliphatic heterocycles. The highest BCUT2D eigenvalue weighted by molar-refractivity contribution is 6.00. The number of para-hydroxylation sites is 1. The van der Waals surface area contributed by atoms with E-state index in [-0.39, 0.29) is 30.6 Å². The maximum atomic E-state index is 12.0. The monoisotopic (exact) mass is 304 g/mol. The summed E-state index contributed by atoms with van der Waals surface area (Å²) >= 11 is 0. The standard InChI is InChI=1S/C14H20N2O.2ClH/c15-13-4-2-1-3-12(13)14(17)6-5-11-7-9-16-10-8-11;;/h1-4,11,16H,5-10,15H2;2*1H. The van der Waals surface area contributed by atoms with Crippen LogP contribution in [0.15, 0.2) is 24.3 Å². The third kappa shape index (κ3) is 5.39. The van der Waals surface area contributed by atoms with E-state index in [9.17, 15) is 4.79 Å². The second-order valence-corrected chi connectivity index (χ2v) is 4.74. The largest absolute Gasteiger partial charge is 0.398 e. The van der Waals surface area contributed by atoms with Gasteiger partial charge in [-0.15, -0.1) is 24.8 Å². The molecule has 3 nitrogen and oxygen atoms in total. The molecule has 0 spiro atoms. The first kappa shape index (κ1) is 18.2. The molecule has 0 atom stereocenters. The molecule has 1 aliphatic rings. The van der Waals surface area contributed by atoms with Crippen LogP contribution in [0.4, 0.5) is 5.69 Å². The Morgan fingerprint density at radius 1 is 1.21 bits per heavy atom. The van der Waals surface area contributed by atoms with Crippen LogP contribution in [0.2, 0.25) is 0 Å². The number of benzene rings is 1. The maximum absolute atomic E-state index is 12.0. The Labute approximate surface area is 127 Å². The lowest BCUT2D eigenvalue weighted by atomic mass is 9.91. The van der Waals surface area contributed by atoms with E-state index in [4.69, 9.17) is 5.73 Å². The Morgan fingerprint density at radius 2 is 1.84 bits per heavy atom. The zero-order chi connectivity index (χ0) is 12.1. The van der Waals surface area contributed by atoms with Gasteiger partial charge in [0, 0.05) is 17.7 Å². The highest BCUT2D eigenvalue weighted by Gasteiger charge is 2.16. The van der Waals surface area contributed by atoms with E-state index in [1.165, 1.54) is 12.8 Å². The molecule has 1 heterocycles. The molecule has 19 heavy (non-hydrogen) atoms. The Morgan fingerprint density at radius 3 is 2.47 bits per heavy atom. The van der Waals surface area contributed by atoms with Gasteiger partial charge in [0.15, 0.2) is 5.78 Å². The van der Waals surface area contributed by atoms with E-state index in [1.54, 1.807) is 6.07 Å². The summed E-state index contributed by atoms with van der Waals surface area (Å²) in [4.78, 5) is 12.0. The van der Waals surface area contributed by atoms with Crippen LogP contribution in [0.5, 0.6) is 0 Å². The molecule has 3 N–H and O–H groups in total. The lowest BCUT2D eigenvalue weighted by Crippen LogP contribution is -2.28. The molecule has 0 amide bonds. The molecule has 1 fully saturated rings. The third-order valence-corrected chi connectivity index (χ3v) is 3.50. The molecule has 1 aromatic carbocycles. The molecule has 5 heteroatoms. The van der Waals surface area contributed by atoms with E-state index in [2.05, 4.69) is 5.32 Å². The van der Waals surface area contributed by atoms with Crippen molar-refractivity contribution in [3.05, 3.63) is 29.8 Å². The predicted octanol–water partition coefficient (Wildman–Crippen LogP) is 3.07. The zero-order valence-corrected chi connectivity index (χ0v) is 12.6. The fourth-order valence-electron chi connectivity index (χ4n) is 2.39. The zero-order valence-electron chi connectivity index (χ0n) is 10.9. The number of Topliss-reactive ketones (excluding diaryl/α,β-unsaturated/α-hetero) is 1. The van der Waals surface area contributed by atoms with Crippen molar-refractivity contribution < 1.29 is 4.79 Å². The first-order chi connectivity index (χ1) is 8.27. The van der Waals surface area contributed by atoms with Gasteiger partial charge in [0.25, 0.3) is 0 Å². The lowest BCUT2D eigenvalue weighted by molar-refractivity contribution is 0.0971. The third-order valence-electron chi connectivity index (χ3n) is 3.50. The number of ketones is 1. The van der Waals surface area contributed by atoms with Crippen LogP contribution < -0.4 is 11.1 Å². The average molecular weight is 305 g/mol. The van der Waals surface area contributed by atoms with Crippen LogP contribution in [-0.4, -0.2) is 18.9 Å². The van der Waals surface area contributed by atoms with E-state index < -0.39 is 0 Å². The summed E-state index contributed by atoms with van der Waals surface area (Å²) in [5.74, 6) is 0.881. The Hall–Kier alpha value is -0.770. The number of anilines is 1. The molecule has 1 saturated heterocycles. The smallest absolute Gasteiger partial charge is 0.164 e. The Balaban J connectivity index is 0.00000162. The van der Waals surface area contributed by atoms with Crippen molar-refractivity contribution in [1.82, 2.24) is 5.32 Å². The molecular weight excluding hydrogens is 283 g/mol. The minimum absolute atomic E-state index is 0. The van der Waals surface area contributed by atoms with Crippen molar-refractivity contribution in [2.75, 3.05) is 18.8 Å². The summed E-state index contributed by atoms with van der Waals surface area (Å²) in [7, 11) is 0. The molecule has 0 saturated carbocycles. The quantitative estimate of drug-likeness (QED) is 0.664. The van der Waals surface area contributed by atoms with Gasteiger partial charge in [0.2, 0.25) is 0 Å². The molecule has 0 unspecified atom stereocenters. The number of rotatable bonds is 4. The molecule has 0 aliphatic carbocycles. The van der Waals surface area contributed by atoms with Crippen molar-refractivity contribution in [2.24, 2.45) is 5.92 Å². The van der Waals surface area contributed by atoms with E-state index in [1.807, 2.05) is 18.2 Å². The van der Waals surface area contributed by atoms with Gasteiger partial charge in [0.1, 0.15) is 0 Å². The van der Waals surface area contributed by atoms with Gasteiger partial charge in [-0.3, -0.25) is 4.79 Å². The SMILES string of the molecule is Cl.Cl.Nc1ccccc1C(=O)CCC1CCNCC1. The van der Waals surface area contributed by atoms with Gasteiger partial charge in [-0.2, -0.15) is 0 Å². The van der Waals surface area contributed by atoms with Crippen molar-refractivity contribution >= 4 is 36.3 Å². The lowest BCUT2D eigenvalue weighted by Gasteiger charge is -2.22. The first-order valence-corrected chi connectivity index (χ1v) is 6.36. The number of piperidine rings is 1. The van der Waals surface area contributed by atoms with Crippen molar-refractivity contribution in [1.29, 1.82) is 0 Å². The van der Waals surface area contributed by atoms with E-state index in [0.717, 1.165) is 19.5 Å². The topological polar surface area (TPSA) is 55.1 Å². The van der Waals surface area contributed by atoms with Crippen LogP contribution in [0.1, 0.15) is 36.0 Å². The van der Waals surface area contributed by atoms with Crippen LogP contribution in [-0.2, 0) is 0 Å². The van der Waals surface area contributed by atoms with E-state index >= 15 is 0 Å². The van der Waals surface area contributed by atoms with Gasteiger partial charge in [-0.25, -0.2) is 0 Å². The molecule has 0 bridgehead atoms. The van der Waals surface area contributed by atoms with Crippen LogP contribution in [0.25, 0.3) is 0 Å². The van der Waals surface area contributed by atoms with Gasteiger partial charge < -0.3 is 11.1 Å². The molecule has 1 aromatic rings. The highest BCUT2D eigenvalue weighted by Crippen LogP contribution is 2.20. The second kappa shape index (κ2) is 9.18. The van der Waals surface area contributed by atoms with Crippen molar-refractivity contribution in [3.8, 4) is 0 Å². The number of nitrogens with two attached hydrogens (primary N) is 1. The van der Waals surface area contributed by atoms with Crippen LogP contribution >= 0.6 is 24.8 Å². The summed E-state index contributed by atoms with van der Waals surface area (Å²) < 4.78 is 0. The fraction of sp³-hybridized carbons (Fsp3) is 0.500. The molecule has 108 valence electrons. The van der Waals surface area contributed by atoms with Gasteiger partial charge in [0.05, 0.1) is 0 Å². The van der Waals surface area contributed by atoms with Gasteiger partial charge in [-0.1, -0.05) is 12.1 Å². The number of nitrogen functional groups attached to an aromatic ring is 1. The van der Waals surface area contributed by atoms with Gasteiger partial charge in [-0.05, 0) is 50.4 Å². The minimum Gasteiger partial charge on any atom is -0.398 e. The molecule has 2 rings (SSSR count). The number of carbonyl (C=O) groups excluding carboxylic acids is 1. The van der Waals surface area contributed by atoms with Crippen molar-refractivity contribution in [3.63, 3.8) is 0 Å². The summed E-state index contributed by atoms with van der Waals surface area (Å²) in [6, 6.07) is 7.34. The maximum Gasteiger partial charge on any atom is 0.164 e.